The predicted octanol–water partition coefficient (Wildman–Crippen LogP) is 6.09. The summed E-state index contributed by atoms with van der Waals surface area (Å²) in [5.41, 5.74) is 9.25. The summed E-state index contributed by atoms with van der Waals surface area (Å²) < 4.78 is 55.8. The number of nitrogens with one attached hydrogen (secondary N) is 2. The molecule has 4 heterocycles. The molecule has 0 atom stereocenters. The number of benzene rings is 2. The van der Waals surface area contributed by atoms with Gasteiger partial charge in [0.15, 0.2) is 0 Å². The Kier molecular flexibility index (Phi) is 6.99. The van der Waals surface area contributed by atoms with E-state index in [1.807, 2.05) is 13.1 Å². The molecular weight excluding hydrogens is 575 g/mol. The zero-order chi connectivity index (χ0) is 30.6. The number of alkyl halides is 3. The van der Waals surface area contributed by atoms with E-state index in [2.05, 4.69) is 36.3 Å². The lowest BCUT2D eigenvalue weighted by Crippen LogP contribution is -2.36. The Morgan fingerprint density at radius 2 is 1.86 bits per heavy atom. The van der Waals surface area contributed by atoms with Gasteiger partial charge < -0.3 is 35.3 Å². The summed E-state index contributed by atoms with van der Waals surface area (Å²) in [6.45, 7) is 1.93. The number of ether oxygens (including phenoxy) is 2. The van der Waals surface area contributed by atoms with E-state index in [0.29, 0.717) is 49.2 Å². The summed E-state index contributed by atoms with van der Waals surface area (Å²) in [4.78, 5) is 23.8. The largest absolute Gasteiger partial charge is 0.491 e. The van der Waals surface area contributed by atoms with E-state index in [0.717, 1.165) is 59.7 Å². The lowest BCUT2D eigenvalue weighted by atomic mass is 9.97. The number of carbonyl (C=O) groups is 1. The average molecular weight is 608 g/mol. The average Bonchev–Trinajstić information content (AvgIpc) is 3.56. The second-order valence-corrected chi connectivity index (χ2v) is 11.6. The Labute approximate surface area is 251 Å². The van der Waals surface area contributed by atoms with Crippen molar-refractivity contribution in [1.82, 2.24) is 19.4 Å². The fraction of sp³-hybridized carbons (Fsp3) is 0.387. The van der Waals surface area contributed by atoms with Gasteiger partial charge in [-0.25, -0.2) is 14.8 Å². The SMILES string of the molecule is CN1CCC(Oc2ccc(NC(=O)Nc3ccc(-c4cn(C5CC5)c5ncnc(N)c45)c4c3OCC4)cc2C(F)(F)F)CC1. The van der Waals surface area contributed by atoms with E-state index >= 15 is 0 Å². The molecule has 230 valence electrons. The van der Waals surface area contributed by atoms with Crippen LogP contribution in [0.4, 0.5) is 35.2 Å². The third-order valence-electron chi connectivity index (χ3n) is 8.48. The molecule has 1 saturated carbocycles. The minimum Gasteiger partial charge on any atom is -0.491 e. The number of likely N-dealkylation sites (tertiary alicyclic amines) is 1. The van der Waals surface area contributed by atoms with Crippen LogP contribution in [0, 0.1) is 0 Å². The second kappa shape index (κ2) is 10.9. The van der Waals surface area contributed by atoms with Gasteiger partial charge in [0.2, 0.25) is 0 Å². The fourth-order valence-corrected chi connectivity index (χ4v) is 6.09. The van der Waals surface area contributed by atoms with Crippen molar-refractivity contribution in [2.45, 2.75) is 50.4 Å². The number of nitrogens with zero attached hydrogens (tertiary/aromatic N) is 4. The van der Waals surface area contributed by atoms with Crippen molar-refractivity contribution >= 4 is 34.3 Å². The lowest BCUT2D eigenvalue weighted by Gasteiger charge is -2.30. The smallest absolute Gasteiger partial charge is 0.420 e. The Morgan fingerprint density at radius 1 is 1.07 bits per heavy atom. The van der Waals surface area contributed by atoms with Crippen LogP contribution in [-0.4, -0.2) is 58.3 Å². The molecule has 10 nitrogen and oxygen atoms in total. The van der Waals surface area contributed by atoms with Gasteiger partial charge >= 0.3 is 12.2 Å². The van der Waals surface area contributed by atoms with Crippen LogP contribution in [0.25, 0.3) is 22.2 Å². The molecule has 1 aliphatic carbocycles. The molecule has 2 aromatic carbocycles. The van der Waals surface area contributed by atoms with Gasteiger partial charge in [-0.3, -0.25) is 0 Å². The van der Waals surface area contributed by atoms with Gasteiger partial charge in [0.1, 0.15) is 35.4 Å². The van der Waals surface area contributed by atoms with Crippen molar-refractivity contribution in [3.8, 4) is 22.6 Å². The quantitative estimate of drug-likeness (QED) is 0.243. The highest BCUT2D eigenvalue weighted by molar-refractivity contribution is 6.04. The molecular formula is C31H32F3N7O3. The van der Waals surface area contributed by atoms with E-state index in [1.165, 1.54) is 18.5 Å². The molecule has 0 spiro atoms. The number of piperidine rings is 1. The summed E-state index contributed by atoms with van der Waals surface area (Å²) >= 11 is 0. The number of hydrogen-bond acceptors (Lipinski definition) is 7. The highest BCUT2D eigenvalue weighted by Crippen LogP contribution is 2.46. The Balaban J connectivity index is 1.12. The van der Waals surface area contributed by atoms with E-state index in [-0.39, 0.29) is 17.5 Å². The van der Waals surface area contributed by atoms with E-state index in [9.17, 15) is 18.0 Å². The number of hydrogen-bond donors (Lipinski definition) is 3. The van der Waals surface area contributed by atoms with Gasteiger partial charge in [0.05, 0.1) is 23.2 Å². The summed E-state index contributed by atoms with van der Waals surface area (Å²) in [6, 6.07) is 6.86. The van der Waals surface area contributed by atoms with Crippen LogP contribution < -0.4 is 25.8 Å². The summed E-state index contributed by atoms with van der Waals surface area (Å²) in [6.07, 6.45) is 2.61. The first kappa shape index (κ1) is 28.3. The van der Waals surface area contributed by atoms with Crippen molar-refractivity contribution in [1.29, 1.82) is 0 Å². The standard InChI is InChI=1S/C31H32F3N7O3/c1-40-11-8-19(9-12-40)44-25-7-2-17(14-23(25)31(32,33)34)38-30(42)39-24-6-5-20(21-10-13-43-27(21)24)22-15-41(18-3-4-18)29-26(22)28(35)36-16-37-29/h2,5-7,14-16,18-19H,3-4,8-13H2,1H3,(H2,35,36,37)(H2,38,39,42). The van der Waals surface area contributed by atoms with Crippen LogP contribution in [0.3, 0.4) is 0 Å². The second-order valence-electron chi connectivity index (χ2n) is 11.6. The summed E-state index contributed by atoms with van der Waals surface area (Å²) in [5.74, 6) is 0.659. The Hall–Kier alpha value is -4.52. The monoisotopic (exact) mass is 607 g/mol. The van der Waals surface area contributed by atoms with Crippen molar-refractivity contribution in [3.05, 3.63) is 54.0 Å². The molecule has 0 radical (unpaired) electrons. The lowest BCUT2D eigenvalue weighted by molar-refractivity contribution is -0.139. The van der Waals surface area contributed by atoms with Gasteiger partial charge in [0.25, 0.3) is 0 Å². The molecule has 2 amide bonds. The molecule has 4 aromatic rings. The fourth-order valence-electron chi connectivity index (χ4n) is 6.09. The van der Waals surface area contributed by atoms with Crippen LogP contribution in [0.15, 0.2) is 42.9 Å². The van der Waals surface area contributed by atoms with E-state index in [4.69, 9.17) is 15.2 Å². The molecule has 4 N–H and O–H groups in total. The Bertz CT molecular complexity index is 1740. The van der Waals surface area contributed by atoms with Crippen molar-refractivity contribution < 1.29 is 27.4 Å². The number of anilines is 3. The molecule has 0 bridgehead atoms. The number of fused-ring (bicyclic) bond motifs is 2. The van der Waals surface area contributed by atoms with Gasteiger partial charge in [0, 0.05) is 48.6 Å². The first-order valence-electron chi connectivity index (χ1n) is 14.7. The third kappa shape index (κ3) is 5.36. The summed E-state index contributed by atoms with van der Waals surface area (Å²) in [5, 5.41) is 6.05. The maximum atomic E-state index is 14.0. The van der Waals surface area contributed by atoms with Crippen LogP contribution in [-0.2, 0) is 12.6 Å². The first-order valence-corrected chi connectivity index (χ1v) is 14.7. The van der Waals surface area contributed by atoms with E-state index in [1.54, 1.807) is 6.07 Å². The number of aromatic nitrogens is 3. The highest BCUT2D eigenvalue weighted by atomic mass is 19.4. The first-order chi connectivity index (χ1) is 21.2. The number of carbonyl (C=O) groups excluding carboxylic acids is 1. The van der Waals surface area contributed by atoms with Crippen molar-refractivity contribution in [3.63, 3.8) is 0 Å². The minimum atomic E-state index is -4.66. The Morgan fingerprint density at radius 3 is 2.61 bits per heavy atom. The normalized spacial score (nSPS) is 17.4. The number of nitrogen functional groups attached to an aromatic ring is 1. The molecule has 2 aliphatic heterocycles. The molecule has 7 rings (SSSR count). The number of halogens is 3. The topological polar surface area (TPSA) is 120 Å². The maximum absolute atomic E-state index is 14.0. The van der Waals surface area contributed by atoms with Crippen LogP contribution >= 0.6 is 0 Å². The van der Waals surface area contributed by atoms with Crippen LogP contribution in [0.1, 0.15) is 42.9 Å². The maximum Gasteiger partial charge on any atom is 0.420 e. The molecule has 0 unspecified atom stereocenters. The van der Waals surface area contributed by atoms with Gasteiger partial charge in [-0.05, 0) is 62.6 Å². The van der Waals surface area contributed by atoms with Gasteiger partial charge in [-0.1, -0.05) is 6.07 Å². The minimum absolute atomic E-state index is 0.0110. The van der Waals surface area contributed by atoms with Crippen LogP contribution in [0.5, 0.6) is 11.5 Å². The van der Waals surface area contributed by atoms with E-state index < -0.39 is 17.8 Å². The number of rotatable bonds is 6. The van der Waals surface area contributed by atoms with Gasteiger partial charge in [-0.2, -0.15) is 13.2 Å². The van der Waals surface area contributed by atoms with Crippen LogP contribution in [0.2, 0.25) is 0 Å². The van der Waals surface area contributed by atoms with Crippen molar-refractivity contribution in [2.24, 2.45) is 0 Å². The predicted molar refractivity (Wildman–Crippen MR) is 160 cm³/mol. The van der Waals surface area contributed by atoms with Gasteiger partial charge in [-0.15, -0.1) is 0 Å². The molecule has 3 aliphatic rings. The molecule has 2 aromatic heterocycles. The number of urea groups is 1. The number of nitrogens with two attached hydrogens (primary N) is 1. The number of amides is 2. The molecule has 13 heteroatoms. The summed E-state index contributed by atoms with van der Waals surface area (Å²) in [7, 11) is 1.97. The molecule has 1 saturated heterocycles. The highest BCUT2D eigenvalue weighted by Gasteiger charge is 2.36. The molecule has 44 heavy (non-hydrogen) atoms. The third-order valence-corrected chi connectivity index (χ3v) is 8.48. The van der Waals surface area contributed by atoms with Crippen molar-refractivity contribution in [2.75, 3.05) is 43.1 Å². The molecule has 2 fully saturated rings. The zero-order valence-electron chi connectivity index (χ0n) is 24.1. The zero-order valence-corrected chi connectivity index (χ0v) is 24.1.